The highest BCUT2D eigenvalue weighted by atomic mass is 16.5. The third kappa shape index (κ3) is 3.32. The van der Waals surface area contributed by atoms with Gasteiger partial charge in [0.25, 0.3) is 0 Å². The fourth-order valence-electron chi connectivity index (χ4n) is 3.31. The molecule has 0 radical (unpaired) electrons. The second-order valence-corrected chi connectivity index (χ2v) is 6.29. The minimum absolute atomic E-state index is 0.0700. The number of aromatic nitrogens is 3. The van der Waals surface area contributed by atoms with Gasteiger partial charge in [-0.2, -0.15) is 5.10 Å². The zero-order valence-corrected chi connectivity index (χ0v) is 13.8. The molecule has 2 N–H and O–H groups in total. The van der Waals surface area contributed by atoms with Crippen molar-refractivity contribution in [2.75, 3.05) is 13.2 Å². The van der Waals surface area contributed by atoms with Crippen LogP contribution in [0.5, 0.6) is 0 Å². The molecule has 6 nitrogen and oxygen atoms in total. The molecule has 124 valence electrons. The van der Waals surface area contributed by atoms with Crippen LogP contribution in [0, 0.1) is 13.8 Å². The lowest BCUT2D eigenvalue weighted by molar-refractivity contribution is -0.124. The van der Waals surface area contributed by atoms with Crippen molar-refractivity contribution in [3.05, 3.63) is 41.5 Å². The van der Waals surface area contributed by atoms with Crippen molar-refractivity contribution in [2.45, 2.75) is 45.2 Å². The van der Waals surface area contributed by atoms with Crippen molar-refractivity contribution >= 4 is 5.91 Å². The third-order valence-electron chi connectivity index (χ3n) is 4.81. The highest BCUT2D eigenvalue weighted by molar-refractivity contribution is 5.77. The van der Waals surface area contributed by atoms with Gasteiger partial charge >= 0.3 is 0 Å². The first kappa shape index (κ1) is 15.8. The Labute approximate surface area is 136 Å². The molecule has 0 bridgehead atoms. The molecule has 23 heavy (non-hydrogen) atoms. The van der Waals surface area contributed by atoms with E-state index in [2.05, 4.69) is 20.1 Å². The monoisotopic (exact) mass is 316 g/mol. The van der Waals surface area contributed by atoms with E-state index in [1.165, 1.54) is 0 Å². The molecule has 0 aromatic carbocycles. The van der Waals surface area contributed by atoms with Crippen LogP contribution in [-0.2, 0) is 21.6 Å². The molecule has 3 heterocycles. The quantitative estimate of drug-likeness (QED) is 0.886. The summed E-state index contributed by atoms with van der Waals surface area (Å²) in [6, 6.07) is 4.01. The Morgan fingerprint density at radius 1 is 1.35 bits per heavy atom. The molecule has 6 heteroatoms. The molecule has 1 aliphatic heterocycles. The second-order valence-electron chi connectivity index (χ2n) is 6.29. The summed E-state index contributed by atoms with van der Waals surface area (Å²) in [5, 5.41) is 10.2. The number of carbonyl (C=O) groups excluding carboxylic acids is 1. The molecule has 3 rings (SSSR count). The van der Waals surface area contributed by atoms with Gasteiger partial charge < -0.3 is 14.6 Å². The number of nitrogens with zero attached hydrogens (tertiary/aromatic N) is 2. The molecule has 1 amide bonds. The lowest BCUT2D eigenvalue weighted by Gasteiger charge is -2.38. The third-order valence-corrected chi connectivity index (χ3v) is 4.81. The van der Waals surface area contributed by atoms with Crippen LogP contribution in [0.3, 0.4) is 0 Å². The Morgan fingerprint density at radius 3 is 2.65 bits per heavy atom. The zero-order chi connectivity index (χ0) is 16.3. The van der Waals surface area contributed by atoms with E-state index in [1.54, 1.807) is 0 Å². The van der Waals surface area contributed by atoms with Gasteiger partial charge in [0.1, 0.15) is 0 Å². The molecule has 0 atom stereocenters. The number of aryl methyl sites for hydroxylation is 2. The summed E-state index contributed by atoms with van der Waals surface area (Å²) < 4.78 is 7.67. The Balaban J connectivity index is 1.67. The van der Waals surface area contributed by atoms with E-state index in [0.717, 1.165) is 29.8 Å². The first-order valence-electron chi connectivity index (χ1n) is 8.09. The summed E-state index contributed by atoms with van der Waals surface area (Å²) in [6.45, 7) is 5.84. The molecule has 0 aliphatic carbocycles. The molecule has 0 spiro atoms. The van der Waals surface area contributed by atoms with Gasteiger partial charge in [0.05, 0.1) is 17.7 Å². The van der Waals surface area contributed by atoms with Crippen molar-refractivity contribution in [3.8, 4) is 0 Å². The molecule has 2 aromatic heterocycles. The number of hydrogen-bond donors (Lipinski definition) is 2. The molecule has 1 fully saturated rings. The zero-order valence-electron chi connectivity index (χ0n) is 13.8. The van der Waals surface area contributed by atoms with E-state index < -0.39 is 0 Å². The smallest absolute Gasteiger partial charge is 0.222 e. The number of carbonyl (C=O) groups is 1. The minimum atomic E-state index is -0.174. The van der Waals surface area contributed by atoms with Crippen LogP contribution in [0.25, 0.3) is 0 Å². The second kappa shape index (κ2) is 6.58. The predicted octanol–water partition coefficient (Wildman–Crippen LogP) is 2.04. The Bertz CT molecular complexity index is 635. The summed E-state index contributed by atoms with van der Waals surface area (Å²) in [4.78, 5) is 12.5. The first-order valence-corrected chi connectivity index (χ1v) is 8.09. The highest BCUT2D eigenvalue weighted by Crippen LogP contribution is 2.33. The summed E-state index contributed by atoms with van der Waals surface area (Å²) in [7, 11) is 0. The fourth-order valence-corrected chi connectivity index (χ4v) is 3.31. The van der Waals surface area contributed by atoms with Gasteiger partial charge in [-0.15, -0.1) is 0 Å². The van der Waals surface area contributed by atoms with Crippen LogP contribution in [0.1, 0.15) is 36.2 Å². The number of nitrogens with one attached hydrogen (secondary N) is 2. The predicted molar refractivity (Wildman–Crippen MR) is 87.0 cm³/mol. The maximum Gasteiger partial charge on any atom is 0.222 e. The highest BCUT2D eigenvalue weighted by Gasteiger charge is 2.36. The van der Waals surface area contributed by atoms with Gasteiger partial charge in [-0.25, -0.2) is 0 Å². The Morgan fingerprint density at radius 2 is 2.04 bits per heavy atom. The summed E-state index contributed by atoms with van der Waals surface area (Å²) in [6.07, 6.45) is 6.28. The maximum absolute atomic E-state index is 12.5. The van der Waals surface area contributed by atoms with Crippen LogP contribution in [0.4, 0.5) is 0 Å². The van der Waals surface area contributed by atoms with Crippen molar-refractivity contribution in [2.24, 2.45) is 0 Å². The van der Waals surface area contributed by atoms with Gasteiger partial charge in [0.2, 0.25) is 5.91 Å². The average Bonchev–Trinajstić information content (AvgIpc) is 3.18. The van der Waals surface area contributed by atoms with E-state index in [0.29, 0.717) is 26.2 Å². The van der Waals surface area contributed by atoms with Crippen LogP contribution >= 0.6 is 0 Å². The van der Waals surface area contributed by atoms with Crippen molar-refractivity contribution in [1.29, 1.82) is 0 Å². The largest absolute Gasteiger partial charge is 0.381 e. The van der Waals surface area contributed by atoms with E-state index in [-0.39, 0.29) is 11.4 Å². The molecular weight excluding hydrogens is 292 g/mol. The van der Waals surface area contributed by atoms with Gasteiger partial charge in [-0.05, 0) is 38.8 Å². The summed E-state index contributed by atoms with van der Waals surface area (Å²) in [5.74, 6) is 0.0700. The number of aromatic amines is 1. The molecule has 0 saturated carbocycles. The Hall–Kier alpha value is -2.08. The molecule has 1 aliphatic rings. The van der Waals surface area contributed by atoms with Crippen molar-refractivity contribution < 1.29 is 9.53 Å². The lowest BCUT2D eigenvalue weighted by atomic mass is 9.86. The maximum atomic E-state index is 12.5. The normalized spacial score (nSPS) is 17.1. The minimum Gasteiger partial charge on any atom is -0.381 e. The number of rotatable bonds is 5. The number of amides is 1. The number of H-pyrrole nitrogens is 1. The number of ether oxygens (including phenoxy) is 1. The molecule has 0 unspecified atom stereocenters. The van der Waals surface area contributed by atoms with E-state index >= 15 is 0 Å². The fraction of sp³-hybridized carbons (Fsp3) is 0.529. The summed E-state index contributed by atoms with van der Waals surface area (Å²) in [5.41, 5.74) is 2.84. The molecule has 2 aromatic rings. The standard InChI is InChI=1S/C17H24N4O2/c1-13-15(14(2)20-19-13)12-18-16(22)11-17(5-9-23-10-6-17)21-7-3-4-8-21/h3-4,7-8H,5-6,9-12H2,1-2H3,(H,18,22)(H,19,20). The lowest BCUT2D eigenvalue weighted by Crippen LogP contribution is -2.43. The Kier molecular flexibility index (Phi) is 4.52. The topological polar surface area (TPSA) is 71.9 Å². The van der Waals surface area contributed by atoms with Gasteiger partial charge in [0.15, 0.2) is 0 Å². The van der Waals surface area contributed by atoms with Crippen LogP contribution < -0.4 is 5.32 Å². The van der Waals surface area contributed by atoms with Crippen molar-refractivity contribution in [3.63, 3.8) is 0 Å². The van der Waals surface area contributed by atoms with Gasteiger partial charge in [-0.1, -0.05) is 0 Å². The van der Waals surface area contributed by atoms with Gasteiger partial charge in [0, 0.05) is 43.4 Å². The van der Waals surface area contributed by atoms with E-state index in [4.69, 9.17) is 4.74 Å². The average molecular weight is 316 g/mol. The van der Waals surface area contributed by atoms with Crippen LogP contribution in [0.15, 0.2) is 24.5 Å². The van der Waals surface area contributed by atoms with Crippen LogP contribution in [0.2, 0.25) is 0 Å². The van der Waals surface area contributed by atoms with Gasteiger partial charge in [-0.3, -0.25) is 9.89 Å². The van der Waals surface area contributed by atoms with E-state index in [1.807, 2.05) is 38.4 Å². The SMILES string of the molecule is Cc1n[nH]c(C)c1CNC(=O)CC1(n2cccc2)CCOCC1. The molecular formula is C17H24N4O2. The van der Waals surface area contributed by atoms with E-state index in [9.17, 15) is 4.79 Å². The number of hydrogen-bond acceptors (Lipinski definition) is 3. The summed E-state index contributed by atoms with van der Waals surface area (Å²) >= 11 is 0. The van der Waals surface area contributed by atoms with Crippen molar-refractivity contribution in [1.82, 2.24) is 20.1 Å². The first-order chi connectivity index (χ1) is 11.1. The molecule has 1 saturated heterocycles. The van der Waals surface area contributed by atoms with Crippen LogP contribution in [-0.4, -0.2) is 33.9 Å².